The lowest BCUT2D eigenvalue weighted by molar-refractivity contribution is -0.168. The molecule has 0 aliphatic heterocycles. The third kappa shape index (κ3) is 27.0. The molecule has 9 heteroatoms. The van der Waals surface area contributed by atoms with Gasteiger partial charge in [-0.1, -0.05) is 103 Å². The third-order valence-corrected chi connectivity index (χ3v) is 7.54. The maximum absolute atomic E-state index is 10.2. The van der Waals surface area contributed by atoms with Crippen LogP contribution in [-0.2, 0) is 14.2 Å². The van der Waals surface area contributed by atoms with E-state index < -0.39 is 37.6 Å². The lowest BCUT2D eigenvalue weighted by atomic mass is 10.1. The molecule has 0 aliphatic rings. The van der Waals surface area contributed by atoms with Gasteiger partial charge >= 0.3 is 0 Å². The molecule has 9 nitrogen and oxygen atoms in total. The normalized spacial score (nSPS) is 14.8. The first kappa shape index (κ1) is 40.6. The van der Waals surface area contributed by atoms with Crippen molar-refractivity contribution in [2.45, 2.75) is 153 Å². The van der Waals surface area contributed by atoms with E-state index in [1.807, 2.05) is 0 Å². The summed E-state index contributed by atoms with van der Waals surface area (Å²) in [5, 5.41) is 57.0. The monoisotopic (exact) mass is 594 g/mol. The lowest BCUT2D eigenvalue weighted by Gasteiger charge is -2.29. The maximum atomic E-state index is 10.2. The van der Waals surface area contributed by atoms with Crippen LogP contribution in [0.4, 0.5) is 0 Å². The SMILES string of the molecule is OCCCCCCCCCCCCOC[C@H](O[C@@H](COCCCCCCCCCCCCO)[C@H](O)CO)[C@H](O)CO. The average molecular weight is 595 g/mol. The Balaban J connectivity index is 4.04. The molecule has 0 spiro atoms. The largest absolute Gasteiger partial charge is 0.396 e. The highest BCUT2D eigenvalue weighted by molar-refractivity contribution is 4.75. The fourth-order valence-electron chi connectivity index (χ4n) is 4.80. The Morgan fingerprint density at radius 3 is 0.902 bits per heavy atom. The fourth-order valence-corrected chi connectivity index (χ4v) is 4.80. The summed E-state index contributed by atoms with van der Waals surface area (Å²) in [4.78, 5) is 0. The zero-order valence-electron chi connectivity index (χ0n) is 26.0. The smallest absolute Gasteiger partial charge is 0.109 e. The van der Waals surface area contributed by atoms with Crippen molar-refractivity contribution < 1.29 is 44.8 Å². The van der Waals surface area contributed by atoms with Crippen LogP contribution in [0.1, 0.15) is 128 Å². The van der Waals surface area contributed by atoms with Gasteiger partial charge in [-0.2, -0.15) is 0 Å². The molecular formula is C32H66O9. The van der Waals surface area contributed by atoms with Crippen LogP contribution >= 0.6 is 0 Å². The third-order valence-electron chi connectivity index (χ3n) is 7.54. The van der Waals surface area contributed by atoms with Gasteiger partial charge in [0.15, 0.2) is 0 Å². The molecule has 0 aromatic heterocycles. The molecule has 0 bridgehead atoms. The highest BCUT2D eigenvalue weighted by Crippen LogP contribution is 2.14. The van der Waals surface area contributed by atoms with E-state index in [4.69, 9.17) is 24.4 Å². The van der Waals surface area contributed by atoms with Crippen molar-refractivity contribution in [1.82, 2.24) is 0 Å². The van der Waals surface area contributed by atoms with E-state index in [1.54, 1.807) is 0 Å². The Bertz CT molecular complexity index is 456. The van der Waals surface area contributed by atoms with E-state index in [0.29, 0.717) is 26.4 Å². The molecule has 0 heterocycles. The van der Waals surface area contributed by atoms with Gasteiger partial charge in [0, 0.05) is 26.4 Å². The topological polar surface area (TPSA) is 149 Å². The molecule has 41 heavy (non-hydrogen) atoms. The quantitative estimate of drug-likeness (QED) is 0.0601. The summed E-state index contributed by atoms with van der Waals surface area (Å²) < 4.78 is 17.3. The number of aliphatic hydroxyl groups is 6. The summed E-state index contributed by atoms with van der Waals surface area (Å²) in [5.41, 5.74) is 0. The summed E-state index contributed by atoms with van der Waals surface area (Å²) in [7, 11) is 0. The Morgan fingerprint density at radius 2 is 0.634 bits per heavy atom. The molecule has 0 aliphatic carbocycles. The number of aliphatic hydroxyl groups excluding tert-OH is 6. The number of rotatable bonds is 34. The van der Waals surface area contributed by atoms with Crippen molar-refractivity contribution in [3.63, 3.8) is 0 Å². The second kappa shape index (κ2) is 32.6. The molecule has 0 aromatic carbocycles. The highest BCUT2D eigenvalue weighted by atomic mass is 16.6. The van der Waals surface area contributed by atoms with Crippen LogP contribution < -0.4 is 0 Å². The minimum atomic E-state index is -1.16. The molecule has 0 unspecified atom stereocenters. The van der Waals surface area contributed by atoms with Gasteiger partial charge < -0.3 is 44.8 Å². The van der Waals surface area contributed by atoms with E-state index in [1.165, 1.54) is 64.2 Å². The summed E-state index contributed by atoms with van der Waals surface area (Å²) in [6, 6.07) is 0. The Labute approximate surface area is 250 Å². The predicted octanol–water partition coefficient (Wildman–Crippen LogP) is 4.27. The van der Waals surface area contributed by atoms with Crippen molar-refractivity contribution in [2.75, 3.05) is 52.9 Å². The molecule has 0 saturated heterocycles. The van der Waals surface area contributed by atoms with Crippen molar-refractivity contribution in [1.29, 1.82) is 0 Å². The Hall–Kier alpha value is -0.360. The summed E-state index contributed by atoms with van der Waals surface area (Å²) >= 11 is 0. The van der Waals surface area contributed by atoms with Gasteiger partial charge in [0.25, 0.3) is 0 Å². The van der Waals surface area contributed by atoms with E-state index in [0.717, 1.165) is 64.2 Å². The number of hydrogen-bond donors (Lipinski definition) is 6. The molecule has 4 atom stereocenters. The molecule has 0 aromatic rings. The van der Waals surface area contributed by atoms with Gasteiger partial charge in [-0.3, -0.25) is 0 Å². The highest BCUT2D eigenvalue weighted by Gasteiger charge is 2.28. The summed E-state index contributed by atoms with van der Waals surface area (Å²) in [6.45, 7) is 0.863. The zero-order valence-corrected chi connectivity index (χ0v) is 26.0. The van der Waals surface area contributed by atoms with E-state index in [-0.39, 0.29) is 13.2 Å². The van der Waals surface area contributed by atoms with Gasteiger partial charge in [-0.25, -0.2) is 0 Å². The minimum absolute atomic E-state index is 0.0889. The molecule has 0 rings (SSSR count). The summed E-state index contributed by atoms with van der Waals surface area (Å²) in [5.74, 6) is 0. The molecule has 6 N–H and O–H groups in total. The Morgan fingerprint density at radius 1 is 0.366 bits per heavy atom. The average Bonchev–Trinajstić information content (AvgIpc) is 2.99. The first-order chi connectivity index (χ1) is 20.1. The van der Waals surface area contributed by atoms with Gasteiger partial charge in [0.05, 0.1) is 26.4 Å². The van der Waals surface area contributed by atoms with Crippen LogP contribution in [0.15, 0.2) is 0 Å². The molecule has 0 amide bonds. The fraction of sp³-hybridized carbons (Fsp3) is 1.00. The number of ether oxygens (including phenoxy) is 3. The van der Waals surface area contributed by atoms with Crippen LogP contribution in [0.5, 0.6) is 0 Å². The van der Waals surface area contributed by atoms with E-state index in [9.17, 15) is 20.4 Å². The van der Waals surface area contributed by atoms with Gasteiger partial charge in [-0.05, 0) is 25.7 Å². The number of hydrogen-bond acceptors (Lipinski definition) is 9. The second-order valence-electron chi connectivity index (χ2n) is 11.4. The van der Waals surface area contributed by atoms with Crippen molar-refractivity contribution >= 4 is 0 Å². The minimum Gasteiger partial charge on any atom is -0.396 e. The zero-order chi connectivity index (χ0) is 30.2. The predicted molar refractivity (Wildman–Crippen MR) is 163 cm³/mol. The lowest BCUT2D eigenvalue weighted by Crippen LogP contribution is -2.45. The van der Waals surface area contributed by atoms with Crippen molar-refractivity contribution in [3.8, 4) is 0 Å². The van der Waals surface area contributed by atoms with Gasteiger partial charge in [0.2, 0.25) is 0 Å². The van der Waals surface area contributed by atoms with E-state index in [2.05, 4.69) is 0 Å². The maximum Gasteiger partial charge on any atom is 0.109 e. The van der Waals surface area contributed by atoms with Gasteiger partial charge in [0.1, 0.15) is 24.4 Å². The van der Waals surface area contributed by atoms with Crippen LogP contribution in [0.3, 0.4) is 0 Å². The first-order valence-electron chi connectivity index (χ1n) is 16.7. The van der Waals surface area contributed by atoms with Crippen molar-refractivity contribution in [3.05, 3.63) is 0 Å². The molecule has 0 saturated carbocycles. The molecule has 0 fully saturated rings. The number of unbranched alkanes of at least 4 members (excludes halogenated alkanes) is 18. The van der Waals surface area contributed by atoms with Crippen LogP contribution in [0.2, 0.25) is 0 Å². The molecule has 0 radical (unpaired) electrons. The van der Waals surface area contributed by atoms with Crippen LogP contribution in [0.25, 0.3) is 0 Å². The van der Waals surface area contributed by atoms with Gasteiger partial charge in [-0.15, -0.1) is 0 Å². The van der Waals surface area contributed by atoms with Crippen LogP contribution in [-0.4, -0.2) is 108 Å². The molecular weight excluding hydrogens is 528 g/mol. The van der Waals surface area contributed by atoms with E-state index >= 15 is 0 Å². The van der Waals surface area contributed by atoms with Crippen molar-refractivity contribution in [2.24, 2.45) is 0 Å². The first-order valence-corrected chi connectivity index (χ1v) is 16.7. The second-order valence-corrected chi connectivity index (χ2v) is 11.4. The summed E-state index contributed by atoms with van der Waals surface area (Å²) in [6.07, 6.45) is 18.6. The van der Waals surface area contributed by atoms with Crippen LogP contribution in [0, 0.1) is 0 Å². The Kier molecular flexibility index (Phi) is 32.3. The standard InChI is InChI=1S/C32H66O9/c33-21-17-13-9-5-1-3-7-11-15-19-23-39-27-31(29(37)25-35)41-32(30(38)26-36)28-40-24-20-16-12-8-4-2-6-10-14-18-22-34/h29-38H,1-28H2/t29-,30-,31+,32+/m1/s1. The molecule has 248 valence electrons.